The molecule has 0 atom stereocenters. The Morgan fingerprint density at radius 1 is 1.46 bits per heavy atom. The standard InChI is InChI=1S/C10H11BrN2/c1-3-8-10(11)13-6-7(2)4-5-9(13)12-8/h4-6H,3H2,1-2H3. The second-order valence-electron chi connectivity index (χ2n) is 3.14. The first-order valence-electron chi connectivity index (χ1n) is 4.35. The molecule has 2 rings (SSSR count). The highest BCUT2D eigenvalue weighted by Gasteiger charge is 2.06. The van der Waals surface area contributed by atoms with Crippen LogP contribution in [-0.4, -0.2) is 9.38 Å². The maximum absolute atomic E-state index is 4.49. The van der Waals surface area contributed by atoms with Gasteiger partial charge in [0.1, 0.15) is 10.3 Å². The quantitative estimate of drug-likeness (QED) is 0.747. The monoisotopic (exact) mass is 238 g/mol. The first-order valence-corrected chi connectivity index (χ1v) is 5.14. The summed E-state index contributed by atoms with van der Waals surface area (Å²) in [6.07, 6.45) is 3.05. The summed E-state index contributed by atoms with van der Waals surface area (Å²) >= 11 is 3.55. The fourth-order valence-corrected chi connectivity index (χ4v) is 2.05. The average molecular weight is 239 g/mol. The number of pyridine rings is 1. The van der Waals surface area contributed by atoms with Gasteiger partial charge in [-0.3, -0.25) is 4.40 Å². The van der Waals surface area contributed by atoms with Crippen LogP contribution in [0.3, 0.4) is 0 Å². The second kappa shape index (κ2) is 3.14. The van der Waals surface area contributed by atoms with Gasteiger partial charge in [0, 0.05) is 6.20 Å². The minimum Gasteiger partial charge on any atom is -0.294 e. The average Bonchev–Trinajstić information content (AvgIpc) is 2.44. The summed E-state index contributed by atoms with van der Waals surface area (Å²) in [5.74, 6) is 0. The molecule has 2 nitrogen and oxygen atoms in total. The van der Waals surface area contributed by atoms with Gasteiger partial charge < -0.3 is 0 Å². The number of imidazole rings is 1. The first-order chi connectivity index (χ1) is 6.22. The van der Waals surface area contributed by atoms with Crippen molar-refractivity contribution in [3.8, 4) is 0 Å². The summed E-state index contributed by atoms with van der Waals surface area (Å²) in [7, 11) is 0. The molecule has 0 radical (unpaired) electrons. The Bertz CT molecular complexity index is 445. The minimum atomic E-state index is 0.960. The molecule has 2 heterocycles. The second-order valence-corrected chi connectivity index (χ2v) is 3.89. The van der Waals surface area contributed by atoms with Crippen LogP contribution in [0.1, 0.15) is 18.2 Å². The molecular weight excluding hydrogens is 228 g/mol. The molecule has 0 aromatic carbocycles. The third-order valence-corrected chi connectivity index (χ3v) is 2.95. The molecule has 0 fully saturated rings. The number of nitrogens with zero attached hydrogens (tertiary/aromatic N) is 2. The lowest BCUT2D eigenvalue weighted by atomic mass is 10.3. The van der Waals surface area contributed by atoms with E-state index in [1.807, 2.05) is 6.07 Å². The number of fused-ring (bicyclic) bond motifs is 1. The highest BCUT2D eigenvalue weighted by Crippen LogP contribution is 2.19. The number of aromatic nitrogens is 2. The minimum absolute atomic E-state index is 0.960. The Balaban J connectivity index is 2.77. The van der Waals surface area contributed by atoms with Crippen LogP contribution >= 0.6 is 15.9 Å². The molecule has 0 spiro atoms. The third kappa shape index (κ3) is 1.37. The largest absolute Gasteiger partial charge is 0.294 e. The molecule has 0 amide bonds. The molecule has 2 aromatic heterocycles. The predicted octanol–water partition coefficient (Wildman–Crippen LogP) is 2.97. The molecule has 0 unspecified atom stereocenters. The van der Waals surface area contributed by atoms with E-state index >= 15 is 0 Å². The molecule has 0 N–H and O–H groups in total. The first kappa shape index (κ1) is 8.75. The molecule has 13 heavy (non-hydrogen) atoms. The zero-order valence-electron chi connectivity index (χ0n) is 7.71. The smallest absolute Gasteiger partial charge is 0.137 e. The third-order valence-electron chi connectivity index (χ3n) is 2.11. The Labute approximate surface area is 85.7 Å². The fraction of sp³-hybridized carbons (Fsp3) is 0.300. The highest BCUT2D eigenvalue weighted by atomic mass is 79.9. The Morgan fingerprint density at radius 3 is 2.92 bits per heavy atom. The van der Waals surface area contributed by atoms with E-state index < -0.39 is 0 Å². The van der Waals surface area contributed by atoms with Crippen molar-refractivity contribution in [3.63, 3.8) is 0 Å². The molecule has 2 aromatic rings. The Hall–Kier alpha value is -0.830. The molecule has 68 valence electrons. The lowest BCUT2D eigenvalue weighted by Gasteiger charge is -1.96. The highest BCUT2D eigenvalue weighted by molar-refractivity contribution is 9.10. The molecule has 0 saturated carbocycles. The van der Waals surface area contributed by atoms with Gasteiger partial charge in [0.15, 0.2) is 0 Å². The summed E-state index contributed by atoms with van der Waals surface area (Å²) in [5.41, 5.74) is 3.37. The summed E-state index contributed by atoms with van der Waals surface area (Å²) in [4.78, 5) is 4.49. The Morgan fingerprint density at radius 2 is 2.23 bits per heavy atom. The van der Waals surface area contributed by atoms with E-state index in [0.717, 1.165) is 22.4 Å². The normalized spacial score (nSPS) is 11.0. The lowest BCUT2D eigenvalue weighted by Crippen LogP contribution is -1.85. The number of hydrogen-bond acceptors (Lipinski definition) is 1. The fourth-order valence-electron chi connectivity index (χ4n) is 1.40. The summed E-state index contributed by atoms with van der Waals surface area (Å²) in [5, 5.41) is 0. The van der Waals surface area contributed by atoms with Crippen LogP contribution in [0.25, 0.3) is 5.65 Å². The van der Waals surface area contributed by atoms with Gasteiger partial charge in [-0.1, -0.05) is 13.0 Å². The van der Waals surface area contributed by atoms with E-state index in [0.29, 0.717) is 0 Å². The van der Waals surface area contributed by atoms with Crippen molar-refractivity contribution in [3.05, 3.63) is 34.2 Å². The van der Waals surface area contributed by atoms with Gasteiger partial charge in [0.05, 0.1) is 5.69 Å². The van der Waals surface area contributed by atoms with Crippen molar-refractivity contribution in [1.29, 1.82) is 0 Å². The number of hydrogen-bond donors (Lipinski definition) is 0. The Kier molecular flexibility index (Phi) is 2.12. The summed E-state index contributed by atoms with van der Waals surface area (Å²) in [6.45, 7) is 4.19. The molecule has 0 aliphatic rings. The number of halogens is 1. The maximum atomic E-state index is 4.49. The molecule has 0 aliphatic carbocycles. The van der Waals surface area contributed by atoms with Crippen LogP contribution in [0.2, 0.25) is 0 Å². The van der Waals surface area contributed by atoms with Crippen molar-refractivity contribution in [2.75, 3.05) is 0 Å². The van der Waals surface area contributed by atoms with E-state index in [2.05, 4.69) is 51.4 Å². The van der Waals surface area contributed by atoms with Gasteiger partial charge in [-0.2, -0.15) is 0 Å². The van der Waals surface area contributed by atoms with Gasteiger partial charge >= 0.3 is 0 Å². The van der Waals surface area contributed by atoms with Gasteiger partial charge in [0.25, 0.3) is 0 Å². The van der Waals surface area contributed by atoms with Crippen molar-refractivity contribution in [2.45, 2.75) is 20.3 Å². The number of rotatable bonds is 1. The molecule has 0 bridgehead atoms. The van der Waals surface area contributed by atoms with Gasteiger partial charge in [-0.05, 0) is 40.9 Å². The van der Waals surface area contributed by atoms with Crippen LogP contribution in [0.5, 0.6) is 0 Å². The van der Waals surface area contributed by atoms with E-state index in [4.69, 9.17) is 0 Å². The van der Waals surface area contributed by atoms with Crippen molar-refractivity contribution in [1.82, 2.24) is 9.38 Å². The van der Waals surface area contributed by atoms with Gasteiger partial charge in [-0.25, -0.2) is 4.98 Å². The van der Waals surface area contributed by atoms with E-state index in [9.17, 15) is 0 Å². The predicted molar refractivity (Wildman–Crippen MR) is 57.0 cm³/mol. The zero-order valence-corrected chi connectivity index (χ0v) is 9.30. The lowest BCUT2D eigenvalue weighted by molar-refractivity contribution is 1.05. The van der Waals surface area contributed by atoms with Crippen molar-refractivity contribution in [2.24, 2.45) is 0 Å². The topological polar surface area (TPSA) is 17.3 Å². The van der Waals surface area contributed by atoms with E-state index in [-0.39, 0.29) is 0 Å². The molecule has 0 aliphatic heterocycles. The zero-order chi connectivity index (χ0) is 9.42. The van der Waals surface area contributed by atoms with Crippen molar-refractivity contribution < 1.29 is 0 Å². The molecule has 3 heteroatoms. The number of aryl methyl sites for hydroxylation is 2. The molecule has 0 saturated heterocycles. The van der Waals surface area contributed by atoms with E-state index in [1.54, 1.807) is 0 Å². The van der Waals surface area contributed by atoms with Crippen LogP contribution in [-0.2, 0) is 6.42 Å². The SMILES string of the molecule is CCc1nc2ccc(C)cn2c1Br. The summed E-state index contributed by atoms with van der Waals surface area (Å²) in [6, 6.07) is 4.12. The summed E-state index contributed by atoms with van der Waals surface area (Å²) < 4.78 is 3.16. The maximum Gasteiger partial charge on any atom is 0.137 e. The van der Waals surface area contributed by atoms with Gasteiger partial charge in [-0.15, -0.1) is 0 Å². The molecular formula is C10H11BrN2. The van der Waals surface area contributed by atoms with Gasteiger partial charge in [0.2, 0.25) is 0 Å². The van der Waals surface area contributed by atoms with Crippen LogP contribution < -0.4 is 0 Å². The van der Waals surface area contributed by atoms with E-state index in [1.165, 1.54) is 5.56 Å². The van der Waals surface area contributed by atoms with Crippen LogP contribution in [0, 0.1) is 6.92 Å². The van der Waals surface area contributed by atoms with Crippen LogP contribution in [0.4, 0.5) is 0 Å². The van der Waals surface area contributed by atoms with Crippen LogP contribution in [0.15, 0.2) is 22.9 Å². The van der Waals surface area contributed by atoms with Crippen molar-refractivity contribution >= 4 is 21.6 Å².